The van der Waals surface area contributed by atoms with Crippen LogP contribution in [0, 0.1) is 0 Å². The Labute approximate surface area is 338 Å². The van der Waals surface area contributed by atoms with Gasteiger partial charge in [-0.3, -0.25) is 0 Å². The first kappa shape index (κ1) is 33.6. The van der Waals surface area contributed by atoms with Gasteiger partial charge in [0.1, 0.15) is 0 Å². The zero-order valence-electron chi connectivity index (χ0n) is 31.8. The van der Waals surface area contributed by atoms with Gasteiger partial charge in [0.05, 0.1) is 16.7 Å². The fourth-order valence-corrected chi connectivity index (χ4v) is 8.89. The highest BCUT2D eigenvalue weighted by atomic mass is 15.1. The lowest BCUT2D eigenvalue weighted by atomic mass is 9.90. The van der Waals surface area contributed by atoms with E-state index in [-0.39, 0.29) is 0 Å². The largest absolute Gasteiger partial charge is 0.310 e. The molecule has 0 atom stereocenters. The lowest BCUT2D eigenvalue weighted by Gasteiger charge is -2.29. The summed E-state index contributed by atoms with van der Waals surface area (Å²) >= 11 is 0. The Morgan fingerprint density at radius 3 is 1.78 bits per heavy atom. The SMILES string of the molecule is c1ccc(-c2cccc3cccc(-c4ccccc4N(c4cccc(-c5ccc6c7ccccc7n(-c7ccccc7)c6c5)c4)c4ccc5ccccc5c4)c23)cc1. The van der Waals surface area contributed by atoms with Crippen molar-refractivity contribution in [2.45, 2.75) is 0 Å². The molecule has 0 radical (unpaired) electrons. The zero-order valence-corrected chi connectivity index (χ0v) is 31.8. The van der Waals surface area contributed by atoms with E-state index in [9.17, 15) is 0 Å². The molecule has 0 saturated heterocycles. The van der Waals surface area contributed by atoms with Gasteiger partial charge in [0.15, 0.2) is 0 Å². The number of benzene rings is 10. The fraction of sp³-hybridized carbons (Fsp3) is 0. The molecule has 0 bridgehead atoms. The summed E-state index contributed by atoms with van der Waals surface area (Å²) in [5, 5.41) is 7.39. The van der Waals surface area contributed by atoms with Gasteiger partial charge in [-0.05, 0) is 104 Å². The summed E-state index contributed by atoms with van der Waals surface area (Å²) in [7, 11) is 0. The molecule has 11 aromatic rings. The monoisotopic (exact) mass is 738 g/mol. The van der Waals surface area contributed by atoms with Crippen LogP contribution in [-0.2, 0) is 0 Å². The Balaban J connectivity index is 1.12. The summed E-state index contributed by atoms with van der Waals surface area (Å²) in [5.74, 6) is 0. The van der Waals surface area contributed by atoms with Crippen LogP contribution in [0.25, 0.3) is 82.4 Å². The molecular formula is C56H38N2. The van der Waals surface area contributed by atoms with Crippen LogP contribution >= 0.6 is 0 Å². The summed E-state index contributed by atoms with van der Waals surface area (Å²) in [6, 6.07) is 83.8. The first-order valence-electron chi connectivity index (χ1n) is 19.9. The molecule has 1 heterocycles. The molecule has 0 aliphatic rings. The molecular weight excluding hydrogens is 701 g/mol. The highest BCUT2D eigenvalue weighted by Crippen LogP contribution is 2.46. The Hall–Kier alpha value is -7.68. The molecule has 1 aromatic heterocycles. The third-order valence-electron chi connectivity index (χ3n) is 11.5. The fourth-order valence-electron chi connectivity index (χ4n) is 8.89. The van der Waals surface area contributed by atoms with E-state index in [1.54, 1.807) is 0 Å². The van der Waals surface area contributed by atoms with Crippen LogP contribution in [0.1, 0.15) is 0 Å². The molecule has 11 rings (SSSR count). The second-order valence-electron chi connectivity index (χ2n) is 14.9. The van der Waals surface area contributed by atoms with Crippen molar-refractivity contribution in [3.8, 4) is 39.1 Å². The van der Waals surface area contributed by atoms with E-state index in [0.29, 0.717) is 0 Å². The van der Waals surface area contributed by atoms with Gasteiger partial charge in [-0.1, -0.05) is 176 Å². The molecule has 0 fully saturated rings. The Kier molecular flexibility index (Phi) is 8.19. The quantitative estimate of drug-likeness (QED) is 0.158. The lowest BCUT2D eigenvalue weighted by molar-refractivity contribution is 1.18. The van der Waals surface area contributed by atoms with Crippen LogP contribution < -0.4 is 4.90 Å². The van der Waals surface area contributed by atoms with E-state index >= 15 is 0 Å². The van der Waals surface area contributed by atoms with E-state index in [2.05, 4.69) is 240 Å². The van der Waals surface area contributed by atoms with Crippen LogP contribution in [-0.4, -0.2) is 4.57 Å². The van der Waals surface area contributed by atoms with Crippen molar-refractivity contribution in [3.63, 3.8) is 0 Å². The van der Waals surface area contributed by atoms with E-state index < -0.39 is 0 Å². The molecule has 272 valence electrons. The smallest absolute Gasteiger partial charge is 0.0547 e. The van der Waals surface area contributed by atoms with Crippen LogP contribution in [0.4, 0.5) is 17.1 Å². The minimum Gasteiger partial charge on any atom is -0.310 e. The summed E-state index contributed by atoms with van der Waals surface area (Å²) in [6.07, 6.45) is 0. The number of hydrogen-bond donors (Lipinski definition) is 0. The highest BCUT2D eigenvalue weighted by Gasteiger charge is 2.21. The van der Waals surface area contributed by atoms with Crippen molar-refractivity contribution in [3.05, 3.63) is 231 Å². The summed E-state index contributed by atoms with van der Waals surface area (Å²) in [5.41, 5.74) is 14.0. The van der Waals surface area contributed by atoms with Gasteiger partial charge < -0.3 is 9.47 Å². The summed E-state index contributed by atoms with van der Waals surface area (Å²) in [6.45, 7) is 0. The predicted octanol–water partition coefficient (Wildman–Crippen LogP) is 15.6. The van der Waals surface area contributed by atoms with Gasteiger partial charge in [0.25, 0.3) is 0 Å². The minimum absolute atomic E-state index is 1.09. The Morgan fingerprint density at radius 2 is 0.914 bits per heavy atom. The molecule has 0 amide bonds. The molecule has 0 aliphatic carbocycles. The number of rotatable bonds is 7. The molecule has 0 N–H and O–H groups in total. The zero-order chi connectivity index (χ0) is 38.4. The maximum absolute atomic E-state index is 2.44. The predicted molar refractivity (Wildman–Crippen MR) is 247 cm³/mol. The van der Waals surface area contributed by atoms with E-state index in [1.807, 2.05) is 0 Å². The first-order valence-corrected chi connectivity index (χ1v) is 19.9. The molecule has 0 unspecified atom stereocenters. The molecule has 0 saturated carbocycles. The van der Waals surface area contributed by atoms with Crippen LogP contribution in [0.3, 0.4) is 0 Å². The average Bonchev–Trinajstić information content (AvgIpc) is 3.63. The van der Waals surface area contributed by atoms with Crippen LogP contribution in [0.2, 0.25) is 0 Å². The van der Waals surface area contributed by atoms with Gasteiger partial charge in [-0.15, -0.1) is 0 Å². The van der Waals surface area contributed by atoms with Crippen molar-refractivity contribution in [2.24, 2.45) is 0 Å². The van der Waals surface area contributed by atoms with E-state index in [1.165, 1.54) is 71.2 Å². The van der Waals surface area contributed by atoms with Crippen LogP contribution in [0.5, 0.6) is 0 Å². The summed E-state index contributed by atoms with van der Waals surface area (Å²) < 4.78 is 2.39. The number of aromatic nitrogens is 1. The number of nitrogens with zero attached hydrogens (tertiary/aromatic N) is 2. The molecule has 2 heteroatoms. The standard InChI is InChI=1S/C56H38N2/c1-3-17-40(18-4-1)48-28-14-20-41-21-15-29-52(56(41)48)50-27-10-11-30-53(50)57(47-34-32-39-16-7-8-19-42(39)36-47)46-25-13-22-43(37-46)44-33-35-51-49-26-9-12-31-54(49)58(55(51)38-44)45-23-5-2-6-24-45/h1-38H. The van der Waals surface area contributed by atoms with E-state index in [0.717, 1.165) is 28.3 Å². The first-order chi connectivity index (χ1) is 28.8. The van der Waals surface area contributed by atoms with Crippen molar-refractivity contribution < 1.29 is 0 Å². The average molecular weight is 739 g/mol. The Bertz CT molecular complexity index is 3280. The number of hydrogen-bond acceptors (Lipinski definition) is 1. The van der Waals surface area contributed by atoms with Crippen molar-refractivity contribution in [1.29, 1.82) is 0 Å². The second kappa shape index (κ2) is 14.1. The van der Waals surface area contributed by atoms with Crippen LogP contribution in [0.15, 0.2) is 231 Å². The molecule has 10 aromatic carbocycles. The maximum atomic E-state index is 2.44. The molecule has 0 aliphatic heterocycles. The van der Waals surface area contributed by atoms with Crippen molar-refractivity contribution in [1.82, 2.24) is 4.57 Å². The maximum Gasteiger partial charge on any atom is 0.0547 e. The van der Waals surface area contributed by atoms with Gasteiger partial charge in [0.2, 0.25) is 0 Å². The lowest BCUT2D eigenvalue weighted by Crippen LogP contribution is -2.11. The topological polar surface area (TPSA) is 8.17 Å². The highest BCUT2D eigenvalue weighted by molar-refractivity contribution is 6.11. The molecule has 58 heavy (non-hydrogen) atoms. The van der Waals surface area contributed by atoms with Gasteiger partial charge in [0, 0.05) is 33.4 Å². The normalized spacial score (nSPS) is 11.4. The van der Waals surface area contributed by atoms with Crippen molar-refractivity contribution >= 4 is 60.4 Å². The Morgan fingerprint density at radius 1 is 0.310 bits per heavy atom. The number of anilines is 3. The molecule has 2 nitrogen and oxygen atoms in total. The van der Waals surface area contributed by atoms with Gasteiger partial charge in [-0.2, -0.15) is 0 Å². The number of para-hydroxylation sites is 3. The minimum atomic E-state index is 1.09. The second-order valence-corrected chi connectivity index (χ2v) is 14.9. The third kappa shape index (κ3) is 5.74. The summed E-state index contributed by atoms with van der Waals surface area (Å²) in [4.78, 5) is 2.44. The number of fused-ring (bicyclic) bond motifs is 5. The van der Waals surface area contributed by atoms with Gasteiger partial charge >= 0.3 is 0 Å². The van der Waals surface area contributed by atoms with E-state index in [4.69, 9.17) is 0 Å². The molecule has 0 spiro atoms. The van der Waals surface area contributed by atoms with Gasteiger partial charge in [-0.25, -0.2) is 0 Å². The third-order valence-corrected chi connectivity index (χ3v) is 11.5. The van der Waals surface area contributed by atoms with Crippen molar-refractivity contribution in [2.75, 3.05) is 4.90 Å².